The first kappa shape index (κ1) is 14.1. The number of benzene rings is 1. The first-order valence-corrected chi connectivity index (χ1v) is 7.30. The summed E-state index contributed by atoms with van der Waals surface area (Å²) in [5.74, 6) is 1.39. The number of rotatable bonds is 5. The second-order valence-electron chi connectivity index (χ2n) is 3.52. The van der Waals surface area contributed by atoms with Crippen LogP contribution in [0.3, 0.4) is 0 Å². The van der Waals surface area contributed by atoms with Crippen LogP contribution in [-0.2, 0) is 0 Å². The molecule has 6 heteroatoms. The van der Waals surface area contributed by atoms with Gasteiger partial charge in [0.15, 0.2) is 0 Å². The van der Waals surface area contributed by atoms with E-state index in [1.807, 2.05) is 31.2 Å². The molecule has 0 saturated carbocycles. The van der Waals surface area contributed by atoms with Gasteiger partial charge >= 0.3 is 0 Å². The summed E-state index contributed by atoms with van der Waals surface area (Å²) in [6, 6.07) is 7.66. The van der Waals surface area contributed by atoms with E-state index in [0.29, 0.717) is 12.5 Å². The van der Waals surface area contributed by atoms with Crippen molar-refractivity contribution in [3.8, 4) is 11.6 Å². The number of nitrogens with zero attached hydrogens (tertiary/aromatic N) is 2. The van der Waals surface area contributed by atoms with E-state index in [-0.39, 0.29) is 0 Å². The van der Waals surface area contributed by atoms with Gasteiger partial charge in [0.05, 0.1) is 18.6 Å². The van der Waals surface area contributed by atoms with Crippen LogP contribution in [-0.4, -0.2) is 23.7 Å². The molecule has 0 aliphatic carbocycles. The minimum atomic E-state index is 0.578. The van der Waals surface area contributed by atoms with E-state index in [0.717, 1.165) is 20.1 Å². The predicted octanol–water partition coefficient (Wildman–Crippen LogP) is 3.80. The minimum absolute atomic E-state index is 0.578. The van der Waals surface area contributed by atoms with Gasteiger partial charge in [-0.15, -0.1) is 0 Å². The predicted molar refractivity (Wildman–Crippen MR) is 78.0 cm³/mol. The summed E-state index contributed by atoms with van der Waals surface area (Å²) in [6.45, 7) is 2.51. The number of ether oxygens (including phenoxy) is 2. The summed E-state index contributed by atoms with van der Waals surface area (Å²) in [5, 5.41) is 0.815. The Bertz CT molecular complexity index is 566. The third-order valence-electron chi connectivity index (χ3n) is 2.25. The average molecular weight is 341 g/mol. The van der Waals surface area contributed by atoms with Crippen LogP contribution in [0.1, 0.15) is 6.92 Å². The lowest BCUT2D eigenvalue weighted by Gasteiger charge is -2.08. The lowest BCUT2D eigenvalue weighted by atomic mass is 10.3. The van der Waals surface area contributed by atoms with Gasteiger partial charge in [0.1, 0.15) is 17.1 Å². The summed E-state index contributed by atoms with van der Waals surface area (Å²) in [7, 11) is 1.65. The standard InChI is InChI=1S/C13H13BrN2O2S/c1-3-18-12-7-13(16-8-15-12)19-11-6-9(14)4-5-10(11)17-2/h4-8H,3H2,1-2H3. The first-order chi connectivity index (χ1) is 9.22. The van der Waals surface area contributed by atoms with Crippen molar-refractivity contribution >= 4 is 27.7 Å². The Kier molecular flexibility index (Phi) is 5.04. The fourth-order valence-corrected chi connectivity index (χ4v) is 2.88. The van der Waals surface area contributed by atoms with E-state index in [2.05, 4.69) is 25.9 Å². The number of aromatic nitrogens is 2. The van der Waals surface area contributed by atoms with Gasteiger partial charge in [0, 0.05) is 10.5 Å². The molecule has 0 radical (unpaired) electrons. The Morgan fingerprint density at radius 3 is 2.84 bits per heavy atom. The molecule has 1 aromatic carbocycles. The number of hydrogen-bond donors (Lipinski definition) is 0. The van der Waals surface area contributed by atoms with Gasteiger partial charge in [-0.1, -0.05) is 27.7 Å². The summed E-state index contributed by atoms with van der Waals surface area (Å²) >= 11 is 4.96. The van der Waals surface area contributed by atoms with Crippen molar-refractivity contribution in [1.82, 2.24) is 9.97 Å². The molecular formula is C13H13BrN2O2S. The summed E-state index contributed by atoms with van der Waals surface area (Å²) in [5.41, 5.74) is 0. The van der Waals surface area contributed by atoms with E-state index >= 15 is 0 Å². The molecule has 1 aromatic heterocycles. The van der Waals surface area contributed by atoms with Crippen molar-refractivity contribution in [1.29, 1.82) is 0 Å². The summed E-state index contributed by atoms with van der Waals surface area (Å²) < 4.78 is 11.7. The monoisotopic (exact) mass is 340 g/mol. The normalized spacial score (nSPS) is 10.3. The maximum Gasteiger partial charge on any atom is 0.217 e. The molecule has 0 atom stereocenters. The fraction of sp³-hybridized carbons (Fsp3) is 0.231. The van der Waals surface area contributed by atoms with E-state index in [1.165, 1.54) is 18.1 Å². The molecule has 0 amide bonds. The Morgan fingerprint density at radius 1 is 1.26 bits per heavy atom. The molecule has 19 heavy (non-hydrogen) atoms. The van der Waals surface area contributed by atoms with Gasteiger partial charge in [-0.05, 0) is 25.1 Å². The lowest BCUT2D eigenvalue weighted by Crippen LogP contribution is -1.95. The van der Waals surface area contributed by atoms with Gasteiger partial charge in [0.2, 0.25) is 5.88 Å². The average Bonchev–Trinajstić information content (AvgIpc) is 2.40. The summed E-state index contributed by atoms with van der Waals surface area (Å²) in [6.07, 6.45) is 1.50. The van der Waals surface area contributed by atoms with Crippen LogP contribution < -0.4 is 9.47 Å². The van der Waals surface area contributed by atoms with E-state index < -0.39 is 0 Å². The molecule has 0 aliphatic heterocycles. The second-order valence-corrected chi connectivity index (χ2v) is 5.50. The van der Waals surface area contributed by atoms with Gasteiger partial charge in [0.25, 0.3) is 0 Å². The number of halogens is 1. The molecule has 0 saturated heterocycles. The summed E-state index contributed by atoms with van der Waals surface area (Å²) in [4.78, 5) is 9.25. The van der Waals surface area contributed by atoms with Gasteiger partial charge in [-0.25, -0.2) is 9.97 Å². The Labute approximate surface area is 124 Å². The van der Waals surface area contributed by atoms with Crippen LogP contribution in [0, 0.1) is 0 Å². The zero-order valence-corrected chi connectivity index (χ0v) is 13.0. The van der Waals surface area contributed by atoms with Crippen molar-refractivity contribution < 1.29 is 9.47 Å². The molecule has 0 spiro atoms. The van der Waals surface area contributed by atoms with Crippen molar-refractivity contribution in [2.45, 2.75) is 16.8 Å². The second kappa shape index (κ2) is 6.77. The fourth-order valence-electron chi connectivity index (χ4n) is 1.45. The largest absolute Gasteiger partial charge is 0.496 e. The smallest absolute Gasteiger partial charge is 0.217 e. The van der Waals surface area contributed by atoms with Gasteiger partial charge < -0.3 is 9.47 Å². The third-order valence-corrected chi connectivity index (χ3v) is 3.71. The molecule has 4 nitrogen and oxygen atoms in total. The van der Waals surface area contributed by atoms with E-state index in [9.17, 15) is 0 Å². The van der Waals surface area contributed by atoms with Crippen molar-refractivity contribution in [3.05, 3.63) is 35.1 Å². The SMILES string of the molecule is CCOc1cc(Sc2cc(Br)ccc2OC)ncn1. The number of methoxy groups -OCH3 is 1. The quantitative estimate of drug-likeness (QED) is 0.774. The van der Waals surface area contributed by atoms with Crippen molar-refractivity contribution in [2.24, 2.45) is 0 Å². The zero-order valence-electron chi connectivity index (χ0n) is 10.6. The Balaban J connectivity index is 2.25. The van der Waals surface area contributed by atoms with Crippen LogP contribution in [0.2, 0.25) is 0 Å². The molecule has 2 rings (SSSR count). The topological polar surface area (TPSA) is 44.2 Å². The Morgan fingerprint density at radius 2 is 2.11 bits per heavy atom. The van der Waals surface area contributed by atoms with Gasteiger partial charge in [-0.3, -0.25) is 0 Å². The van der Waals surface area contributed by atoms with Crippen LogP contribution in [0.25, 0.3) is 0 Å². The number of hydrogen-bond acceptors (Lipinski definition) is 5. The van der Waals surface area contributed by atoms with Crippen LogP contribution in [0.4, 0.5) is 0 Å². The molecule has 0 N–H and O–H groups in total. The zero-order chi connectivity index (χ0) is 13.7. The molecular weight excluding hydrogens is 328 g/mol. The molecule has 2 aromatic rings. The highest BCUT2D eigenvalue weighted by Crippen LogP contribution is 2.36. The highest BCUT2D eigenvalue weighted by atomic mass is 79.9. The van der Waals surface area contributed by atoms with Crippen molar-refractivity contribution in [2.75, 3.05) is 13.7 Å². The highest BCUT2D eigenvalue weighted by Gasteiger charge is 2.08. The van der Waals surface area contributed by atoms with Crippen LogP contribution >= 0.6 is 27.7 Å². The van der Waals surface area contributed by atoms with Crippen LogP contribution in [0.5, 0.6) is 11.6 Å². The molecule has 1 heterocycles. The van der Waals surface area contributed by atoms with Gasteiger partial charge in [-0.2, -0.15) is 0 Å². The van der Waals surface area contributed by atoms with Crippen molar-refractivity contribution in [3.63, 3.8) is 0 Å². The third kappa shape index (κ3) is 3.84. The maximum absolute atomic E-state index is 5.36. The lowest BCUT2D eigenvalue weighted by molar-refractivity contribution is 0.324. The van der Waals surface area contributed by atoms with Crippen LogP contribution in [0.15, 0.2) is 45.0 Å². The minimum Gasteiger partial charge on any atom is -0.496 e. The molecule has 0 fully saturated rings. The Hall–Kier alpha value is -1.27. The molecule has 100 valence electrons. The van der Waals surface area contributed by atoms with E-state index in [4.69, 9.17) is 9.47 Å². The first-order valence-electron chi connectivity index (χ1n) is 5.69. The van der Waals surface area contributed by atoms with E-state index in [1.54, 1.807) is 7.11 Å². The highest BCUT2D eigenvalue weighted by molar-refractivity contribution is 9.10. The molecule has 0 aliphatic rings. The molecule has 0 bridgehead atoms. The maximum atomic E-state index is 5.36. The molecule has 0 unspecified atom stereocenters.